The van der Waals surface area contributed by atoms with Crippen LogP contribution in [0, 0.1) is 0 Å². The number of nitrogens with one attached hydrogen (secondary N) is 2. The molecule has 3 rings (SSSR count). The first-order valence-corrected chi connectivity index (χ1v) is 8.32. The molecule has 0 unspecified atom stereocenters. The number of benzene rings is 2. The average Bonchev–Trinajstić information content (AvgIpc) is 3.13. The van der Waals surface area contributed by atoms with Gasteiger partial charge in [-0.25, -0.2) is 4.79 Å². The Hall–Kier alpha value is -2.93. The van der Waals surface area contributed by atoms with Crippen molar-refractivity contribution in [3.63, 3.8) is 0 Å². The van der Waals surface area contributed by atoms with Gasteiger partial charge >= 0.3 is 6.03 Å². The number of amides is 2. The minimum Gasteiger partial charge on any atom is -0.493 e. The van der Waals surface area contributed by atoms with Crippen LogP contribution in [0.2, 0.25) is 0 Å². The van der Waals surface area contributed by atoms with Gasteiger partial charge in [0.25, 0.3) is 0 Å². The number of ether oxygens (including phenoxy) is 3. The van der Waals surface area contributed by atoms with E-state index < -0.39 is 12.1 Å². The van der Waals surface area contributed by atoms with Crippen molar-refractivity contribution in [1.82, 2.24) is 5.32 Å². The van der Waals surface area contributed by atoms with Crippen molar-refractivity contribution in [2.45, 2.75) is 12.5 Å². The van der Waals surface area contributed by atoms with Crippen molar-refractivity contribution in [2.24, 2.45) is 0 Å². The molecule has 1 aliphatic rings. The van der Waals surface area contributed by atoms with Crippen LogP contribution in [0.4, 0.5) is 10.5 Å². The predicted molar refractivity (Wildman–Crippen MR) is 97.2 cm³/mol. The number of rotatable bonds is 6. The maximum atomic E-state index is 12.2. The highest BCUT2D eigenvalue weighted by Crippen LogP contribution is 2.34. The van der Waals surface area contributed by atoms with E-state index >= 15 is 0 Å². The second-order valence-corrected chi connectivity index (χ2v) is 5.86. The van der Waals surface area contributed by atoms with E-state index in [1.54, 1.807) is 24.3 Å². The molecular formula is C19H22N2O5. The molecule has 7 nitrogen and oxygen atoms in total. The van der Waals surface area contributed by atoms with Crippen LogP contribution in [0.5, 0.6) is 17.2 Å². The molecule has 2 aromatic carbocycles. The summed E-state index contributed by atoms with van der Waals surface area (Å²) in [6, 6.07) is 10.3. The summed E-state index contributed by atoms with van der Waals surface area (Å²) >= 11 is 0. The van der Waals surface area contributed by atoms with Crippen molar-refractivity contribution in [3.05, 3.63) is 47.5 Å². The first kappa shape index (κ1) is 17.9. The minimum atomic E-state index is -0.807. The van der Waals surface area contributed by atoms with Gasteiger partial charge in [-0.1, -0.05) is 12.1 Å². The quantitative estimate of drug-likeness (QED) is 0.738. The molecule has 1 heterocycles. The molecule has 1 aliphatic heterocycles. The number of carbonyl (C=O) groups excluding carboxylic acids is 1. The third-order valence-electron chi connectivity index (χ3n) is 4.21. The number of fused-ring (bicyclic) bond motifs is 1. The summed E-state index contributed by atoms with van der Waals surface area (Å²) in [7, 11) is 3.03. The van der Waals surface area contributed by atoms with Crippen LogP contribution in [0.25, 0.3) is 0 Å². The lowest BCUT2D eigenvalue weighted by Crippen LogP contribution is -2.32. The fourth-order valence-electron chi connectivity index (χ4n) is 2.87. The summed E-state index contributed by atoms with van der Waals surface area (Å²) in [5.41, 5.74) is 2.30. The molecule has 0 bridgehead atoms. The van der Waals surface area contributed by atoms with Crippen LogP contribution in [0.15, 0.2) is 36.4 Å². The molecule has 3 N–H and O–H groups in total. The van der Waals surface area contributed by atoms with E-state index in [0.717, 1.165) is 23.3 Å². The van der Waals surface area contributed by atoms with E-state index in [1.165, 1.54) is 14.2 Å². The highest BCUT2D eigenvalue weighted by molar-refractivity contribution is 5.91. The third-order valence-corrected chi connectivity index (χ3v) is 4.21. The first-order chi connectivity index (χ1) is 12.6. The largest absolute Gasteiger partial charge is 0.493 e. The van der Waals surface area contributed by atoms with Gasteiger partial charge in [-0.2, -0.15) is 0 Å². The van der Waals surface area contributed by atoms with Gasteiger partial charge in [-0.15, -0.1) is 0 Å². The molecule has 138 valence electrons. The maximum Gasteiger partial charge on any atom is 0.319 e. The number of urea groups is 1. The number of carbonyl (C=O) groups is 1. The van der Waals surface area contributed by atoms with Crippen LogP contribution >= 0.6 is 0 Å². The lowest BCUT2D eigenvalue weighted by atomic mass is 10.0. The van der Waals surface area contributed by atoms with Gasteiger partial charge in [0.15, 0.2) is 11.5 Å². The monoisotopic (exact) mass is 358 g/mol. The van der Waals surface area contributed by atoms with Crippen LogP contribution in [0.1, 0.15) is 17.2 Å². The Bertz CT molecular complexity index is 793. The number of hydrogen-bond acceptors (Lipinski definition) is 5. The normalized spacial score (nSPS) is 13.3. The zero-order valence-corrected chi connectivity index (χ0v) is 14.7. The van der Waals surface area contributed by atoms with Gasteiger partial charge in [0.1, 0.15) is 5.75 Å². The van der Waals surface area contributed by atoms with E-state index in [0.29, 0.717) is 23.8 Å². The van der Waals surface area contributed by atoms with Crippen LogP contribution in [-0.4, -0.2) is 38.5 Å². The Morgan fingerprint density at radius 3 is 2.88 bits per heavy atom. The third kappa shape index (κ3) is 3.83. The van der Waals surface area contributed by atoms with Crippen molar-refractivity contribution in [1.29, 1.82) is 0 Å². The number of methoxy groups -OCH3 is 2. The minimum absolute atomic E-state index is 0.0811. The molecule has 0 fully saturated rings. The van der Waals surface area contributed by atoms with Gasteiger partial charge in [-0.05, 0) is 35.4 Å². The van der Waals surface area contributed by atoms with Crippen molar-refractivity contribution < 1.29 is 24.1 Å². The fourth-order valence-corrected chi connectivity index (χ4v) is 2.87. The van der Waals surface area contributed by atoms with Gasteiger partial charge in [-0.3, -0.25) is 0 Å². The molecular weight excluding hydrogens is 336 g/mol. The zero-order valence-electron chi connectivity index (χ0n) is 14.7. The molecule has 0 saturated heterocycles. The standard InChI is InChI=1S/C19H22N2O5/c1-24-17-5-3-4-14(18(17)25-2)21-19(23)20-11-15(22)12-6-7-16-13(10-12)8-9-26-16/h3-7,10,15,22H,8-9,11H2,1-2H3,(H2,20,21,23)/t15-/m0/s1. The number of anilines is 1. The summed E-state index contributed by atoms with van der Waals surface area (Å²) in [6.07, 6.45) is 0.0262. The topological polar surface area (TPSA) is 89.1 Å². The SMILES string of the molecule is COc1cccc(NC(=O)NC[C@H](O)c2ccc3c(c2)CCO3)c1OC. The fraction of sp³-hybridized carbons (Fsp3) is 0.316. The van der Waals surface area contributed by atoms with Crippen LogP contribution in [0.3, 0.4) is 0 Å². The Labute approximate surface area is 151 Å². The number of aliphatic hydroxyl groups excluding tert-OH is 1. The molecule has 7 heteroatoms. The molecule has 0 spiro atoms. The Kier molecular flexibility index (Phi) is 5.48. The molecule has 26 heavy (non-hydrogen) atoms. The predicted octanol–water partition coefficient (Wildman–Crippen LogP) is 2.49. The number of aliphatic hydroxyl groups is 1. The maximum absolute atomic E-state index is 12.2. The van der Waals surface area contributed by atoms with E-state index in [4.69, 9.17) is 14.2 Å². The van der Waals surface area contributed by atoms with Crippen LogP contribution < -0.4 is 24.8 Å². The summed E-state index contributed by atoms with van der Waals surface area (Å²) in [5, 5.41) is 15.7. The molecule has 0 aliphatic carbocycles. The lowest BCUT2D eigenvalue weighted by molar-refractivity contribution is 0.175. The average molecular weight is 358 g/mol. The van der Waals surface area contributed by atoms with Gasteiger partial charge in [0.2, 0.25) is 0 Å². The highest BCUT2D eigenvalue weighted by atomic mass is 16.5. The van der Waals surface area contributed by atoms with Crippen molar-refractivity contribution in [2.75, 3.05) is 32.7 Å². The lowest BCUT2D eigenvalue weighted by Gasteiger charge is -2.16. The van der Waals surface area contributed by atoms with Crippen molar-refractivity contribution >= 4 is 11.7 Å². The summed E-state index contributed by atoms with van der Waals surface area (Å²) in [5.74, 6) is 1.81. The molecule has 2 amide bonds. The zero-order chi connectivity index (χ0) is 18.5. The van der Waals surface area contributed by atoms with Gasteiger partial charge in [0, 0.05) is 13.0 Å². The second-order valence-electron chi connectivity index (χ2n) is 5.86. The van der Waals surface area contributed by atoms with E-state index in [2.05, 4.69) is 10.6 Å². The first-order valence-electron chi connectivity index (χ1n) is 8.32. The number of hydrogen-bond donors (Lipinski definition) is 3. The van der Waals surface area contributed by atoms with E-state index in [-0.39, 0.29) is 6.54 Å². The molecule has 0 aromatic heterocycles. The van der Waals surface area contributed by atoms with Crippen molar-refractivity contribution in [3.8, 4) is 17.2 Å². The summed E-state index contributed by atoms with van der Waals surface area (Å²) in [6.45, 7) is 0.746. The van der Waals surface area contributed by atoms with Gasteiger partial charge < -0.3 is 30.0 Å². The highest BCUT2D eigenvalue weighted by Gasteiger charge is 2.17. The van der Waals surface area contributed by atoms with E-state index in [9.17, 15) is 9.90 Å². The Balaban J connectivity index is 1.59. The second kappa shape index (κ2) is 7.97. The Morgan fingerprint density at radius 1 is 1.27 bits per heavy atom. The molecule has 2 aromatic rings. The summed E-state index contributed by atoms with van der Waals surface area (Å²) < 4.78 is 15.9. The van der Waals surface area contributed by atoms with E-state index in [1.807, 2.05) is 12.1 Å². The summed E-state index contributed by atoms with van der Waals surface area (Å²) in [4.78, 5) is 12.2. The smallest absolute Gasteiger partial charge is 0.319 e. The van der Waals surface area contributed by atoms with Gasteiger partial charge in [0.05, 0.1) is 32.6 Å². The molecule has 0 radical (unpaired) electrons. The Morgan fingerprint density at radius 2 is 2.12 bits per heavy atom. The number of para-hydroxylation sites is 1. The van der Waals surface area contributed by atoms with Crippen LogP contribution in [-0.2, 0) is 6.42 Å². The molecule has 1 atom stereocenters. The molecule has 0 saturated carbocycles.